The van der Waals surface area contributed by atoms with E-state index in [0.717, 1.165) is 19.3 Å². The summed E-state index contributed by atoms with van der Waals surface area (Å²) in [7, 11) is 0. The molecule has 2 bridgehead atoms. The predicted octanol–water partition coefficient (Wildman–Crippen LogP) is 3.41. The molecule has 1 aromatic rings. The van der Waals surface area contributed by atoms with Crippen LogP contribution in [0.5, 0.6) is 0 Å². The summed E-state index contributed by atoms with van der Waals surface area (Å²) in [5.41, 5.74) is 0.688. The van der Waals surface area contributed by atoms with Crippen molar-refractivity contribution in [2.45, 2.75) is 73.4 Å². The van der Waals surface area contributed by atoms with Crippen molar-refractivity contribution in [1.82, 2.24) is 10.2 Å². The Kier molecular flexibility index (Phi) is 8.18. The van der Waals surface area contributed by atoms with Gasteiger partial charge in [-0.15, -0.1) is 11.8 Å². The summed E-state index contributed by atoms with van der Waals surface area (Å²) < 4.78 is -0.703. The molecule has 3 aliphatic rings. The minimum absolute atomic E-state index is 0.0186. The number of rotatable bonds is 10. The minimum atomic E-state index is -0.717. The standard InChI is InChI=1S/C26H36BrN3O4S/c1-4-5-9-12-28-24(33)22-26-13-17(27)21(35-26)19(23(32)29-16-10-7-6-8-11-16)20(26)25(34)30(22)18(14-31)15(2)3/h6-8,10-11,15,17-22,31H,4-5,9,12-14H2,1-3H3,(H,28,33)(H,29,32)/t17?,18-,19-,20-,21-,22?,26?/m0/s1. The molecule has 3 fully saturated rings. The average Bonchev–Trinajstić information content (AvgIpc) is 3.41. The van der Waals surface area contributed by atoms with Crippen LogP contribution >= 0.6 is 27.7 Å². The normalized spacial score (nSPS) is 32.1. The molecule has 0 aromatic heterocycles. The van der Waals surface area contributed by atoms with Gasteiger partial charge in [0, 0.05) is 22.3 Å². The van der Waals surface area contributed by atoms with E-state index in [4.69, 9.17) is 0 Å². The molecular weight excluding hydrogens is 530 g/mol. The highest BCUT2D eigenvalue weighted by molar-refractivity contribution is 9.09. The number of para-hydroxylation sites is 1. The van der Waals surface area contributed by atoms with Crippen LogP contribution in [-0.2, 0) is 14.4 Å². The highest BCUT2D eigenvalue weighted by Gasteiger charge is 2.76. The van der Waals surface area contributed by atoms with Gasteiger partial charge in [0.05, 0.1) is 29.2 Å². The number of nitrogens with one attached hydrogen (secondary N) is 2. The zero-order valence-electron chi connectivity index (χ0n) is 20.6. The highest BCUT2D eigenvalue weighted by atomic mass is 79.9. The topological polar surface area (TPSA) is 98.7 Å². The van der Waals surface area contributed by atoms with Crippen LogP contribution in [0, 0.1) is 17.8 Å². The Morgan fingerprint density at radius 1 is 1.23 bits per heavy atom. The van der Waals surface area contributed by atoms with E-state index in [2.05, 4.69) is 33.5 Å². The average molecular weight is 567 g/mol. The van der Waals surface area contributed by atoms with Crippen LogP contribution in [0.3, 0.4) is 0 Å². The van der Waals surface area contributed by atoms with Crippen molar-refractivity contribution in [2.24, 2.45) is 17.8 Å². The number of halogens is 1. The molecule has 4 rings (SSSR count). The van der Waals surface area contributed by atoms with Gasteiger partial charge in [-0.2, -0.15) is 0 Å². The number of nitrogens with zero attached hydrogens (tertiary/aromatic N) is 1. The number of thioether (sulfide) groups is 1. The fourth-order valence-electron chi connectivity index (χ4n) is 6.07. The second-order valence-electron chi connectivity index (χ2n) is 10.3. The molecular formula is C26H36BrN3O4S. The van der Waals surface area contributed by atoms with E-state index in [1.807, 2.05) is 44.2 Å². The van der Waals surface area contributed by atoms with E-state index in [1.165, 1.54) is 0 Å². The van der Waals surface area contributed by atoms with E-state index >= 15 is 0 Å². The third-order valence-electron chi connectivity index (χ3n) is 7.71. The lowest BCUT2D eigenvalue weighted by molar-refractivity contribution is -0.143. The molecule has 7 atom stereocenters. The number of carbonyl (C=O) groups excluding carboxylic acids is 3. The largest absolute Gasteiger partial charge is 0.394 e. The van der Waals surface area contributed by atoms with Crippen molar-refractivity contribution in [3.63, 3.8) is 0 Å². The molecule has 3 unspecified atom stereocenters. The number of aliphatic hydroxyl groups excluding tert-OH is 1. The number of carbonyl (C=O) groups is 3. The number of aliphatic hydroxyl groups is 1. The van der Waals surface area contributed by atoms with Crippen LogP contribution in [-0.4, -0.2) is 67.8 Å². The zero-order valence-corrected chi connectivity index (χ0v) is 23.0. The number of anilines is 1. The molecule has 0 saturated carbocycles. The van der Waals surface area contributed by atoms with Gasteiger partial charge in [-0.25, -0.2) is 0 Å². The van der Waals surface area contributed by atoms with Crippen LogP contribution in [0.1, 0.15) is 46.5 Å². The first-order chi connectivity index (χ1) is 16.8. The summed E-state index contributed by atoms with van der Waals surface area (Å²) in [6.07, 6.45) is 3.59. The molecule has 3 amide bonds. The SMILES string of the molecule is CCCCCNC(=O)C1N([C@@H](CO)C(C)C)C(=O)[C@@H]2[C@H](C(=O)Nc3ccccc3)[C@H]3SC12CC3Br. The lowest BCUT2D eigenvalue weighted by Gasteiger charge is -2.38. The maximum atomic E-state index is 14.1. The maximum Gasteiger partial charge on any atom is 0.244 e. The number of hydrogen-bond donors (Lipinski definition) is 3. The number of amides is 3. The van der Waals surface area contributed by atoms with Crippen molar-refractivity contribution in [2.75, 3.05) is 18.5 Å². The fraction of sp³-hybridized carbons (Fsp3) is 0.654. The Labute approximate surface area is 220 Å². The first kappa shape index (κ1) is 26.5. The van der Waals surface area contributed by atoms with Crippen molar-refractivity contribution >= 4 is 51.1 Å². The van der Waals surface area contributed by atoms with Gasteiger partial charge in [-0.1, -0.05) is 67.7 Å². The molecule has 3 heterocycles. The van der Waals surface area contributed by atoms with Crippen LogP contribution in [0.15, 0.2) is 30.3 Å². The Balaban J connectivity index is 1.69. The molecule has 192 valence electrons. The van der Waals surface area contributed by atoms with E-state index in [1.54, 1.807) is 16.7 Å². The molecule has 1 aromatic carbocycles. The Morgan fingerprint density at radius 2 is 1.94 bits per heavy atom. The van der Waals surface area contributed by atoms with E-state index in [0.29, 0.717) is 18.7 Å². The molecule has 7 nitrogen and oxygen atoms in total. The van der Waals surface area contributed by atoms with Gasteiger partial charge >= 0.3 is 0 Å². The first-order valence-corrected chi connectivity index (χ1v) is 14.4. The number of unbranched alkanes of at least 4 members (excludes halogenated alkanes) is 2. The third kappa shape index (κ3) is 4.64. The summed E-state index contributed by atoms with van der Waals surface area (Å²) in [4.78, 5) is 43.0. The van der Waals surface area contributed by atoms with Gasteiger partial charge in [0.2, 0.25) is 17.7 Å². The molecule has 0 radical (unpaired) electrons. The second kappa shape index (κ2) is 10.8. The van der Waals surface area contributed by atoms with E-state index in [9.17, 15) is 19.5 Å². The van der Waals surface area contributed by atoms with Crippen LogP contribution in [0.4, 0.5) is 5.69 Å². The number of alkyl halides is 1. The molecule has 35 heavy (non-hydrogen) atoms. The van der Waals surface area contributed by atoms with Gasteiger partial charge < -0.3 is 20.6 Å². The van der Waals surface area contributed by atoms with Gasteiger partial charge in [-0.3, -0.25) is 14.4 Å². The highest BCUT2D eigenvalue weighted by Crippen LogP contribution is 2.68. The zero-order chi connectivity index (χ0) is 25.3. The summed E-state index contributed by atoms with van der Waals surface area (Å²) in [6, 6.07) is 8.05. The molecule has 3 N–H and O–H groups in total. The van der Waals surface area contributed by atoms with Crippen molar-refractivity contribution < 1.29 is 19.5 Å². The molecule has 1 spiro atoms. The van der Waals surface area contributed by atoms with Crippen molar-refractivity contribution in [3.8, 4) is 0 Å². The van der Waals surface area contributed by atoms with Crippen LogP contribution < -0.4 is 10.6 Å². The summed E-state index contributed by atoms with van der Waals surface area (Å²) in [5, 5.41) is 16.2. The van der Waals surface area contributed by atoms with Gasteiger partial charge in [-0.05, 0) is 30.9 Å². The molecule has 3 aliphatic heterocycles. The molecule has 0 aliphatic carbocycles. The quantitative estimate of drug-likeness (QED) is 0.298. The number of hydrogen-bond acceptors (Lipinski definition) is 5. The maximum absolute atomic E-state index is 14.1. The lowest BCUT2D eigenvalue weighted by atomic mass is 9.70. The third-order valence-corrected chi connectivity index (χ3v) is 10.9. The van der Waals surface area contributed by atoms with Gasteiger partial charge in [0.1, 0.15) is 6.04 Å². The van der Waals surface area contributed by atoms with Crippen molar-refractivity contribution in [3.05, 3.63) is 30.3 Å². The predicted molar refractivity (Wildman–Crippen MR) is 142 cm³/mol. The van der Waals surface area contributed by atoms with E-state index in [-0.39, 0.29) is 40.3 Å². The smallest absolute Gasteiger partial charge is 0.244 e. The Morgan fingerprint density at radius 3 is 2.57 bits per heavy atom. The number of fused-ring (bicyclic) bond motifs is 1. The minimum Gasteiger partial charge on any atom is -0.394 e. The number of benzene rings is 1. The first-order valence-electron chi connectivity index (χ1n) is 12.6. The molecule has 3 saturated heterocycles. The Hall–Kier alpha value is -1.58. The van der Waals surface area contributed by atoms with Crippen molar-refractivity contribution in [1.29, 1.82) is 0 Å². The summed E-state index contributed by atoms with van der Waals surface area (Å²) in [5.74, 6) is -1.74. The van der Waals surface area contributed by atoms with Crippen LogP contribution in [0.2, 0.25) is 0 Å². The summed E-state index contributed by atoms with van der Waals surface area (Å²) >= 11 is 5.40. The second-order valence-corrected chi connectivity index (χ2v) is 13.0. The number of likely N-dealkylation sites (tertiary alicyclic amines) is 1. The van der Waals surface area contributed by atoms with E-state index < -0.39 is 28.7 Å². The Bertz CT molecular complexity index is 948. The summed E-state index contributed by atoms with van der Waals surface area (Å²) in [6.45, 7) is 6.35. The van der Waals surface area contributed by atoms with Gasteiger partial charge in [0.15, 0.2) is 0 Å². The lowest BCUT2D eigenvalue weighted by Crippen LogP contribution is -2.58. The van der Waals surface area contributed by atoms with Gasteiger partial charge in [0.25, 0.3) is 0 Å². The monoisotopic (exact) mass is 565 g/mol. The van der Waals surface area contributed by atoms with Crippen LogP contribution in [0.25, 0.3) is 0 Å². The molecule has 9 heteroatoms. The fourth-order valence-corrected chi connectivity index (χ4v) is 9.67.